The Morgan fingerprint density at radius 1 is 1.25 bits per heavy atom. The molecular formula is C16H21N3O4S. The second kappa shape index (κ2) is 8.58. The van der Waals surface area contributed by atoms with Gasteiger partial charge in [-0.05, 0) is 18.6 Å². The molecule has 2 rings (SSSR count). The maximum Gasteiger partial charge on any atom is 0.241 e. The number of anilines is 1. The van der Waals surface area contributed by atoms with Gasteiger partial charge in [0.1, 0.15) is 5.75 Å². The number of carbonyl (C=O) groups is 1. The van der Waals surface area contributed by atoms with Gasteiger partial charge in [-0.15, -0.1) is 0 Å². The molecule has 24 heavy (non-hydrogen) atoms. The summed E-state index contributed by atoms with van der Waals surface area (Å²) in [6, 6.07) is 8.89. The number of hydrogen-bond donors (Lipinski definition) is 1. The number of benzene rings is 1. The average molecular weight is 351 g/mol. The second-order valence-corrected chi connectivity index (χ2v) is 7.65. The lowest BCUT2D eigenvalue weighted by Crippen LogP contribution is -2.18. The number of sulfone groups is 1. The van der Waals surface area contributed by atoms with Crippen LogP contribution >= 0.6 is 0 Å². The molecule has 0 aliphatic rings. The normalized spacial score (nSPS) is 11.4. The lowest BCUT2D eigenvalue weighted by atomic mass is 10.2. The molecule has 0 spiro atoms. The summed E-state index contributed by atoms with van der Waals surface area (Å²) in [5.41, 5.74) is 0.636. The fourth-order valence-corrected chi connectivity index (χ4v) is 3.17. The van der Waals surface area contributed by atoms with Gasteiger partial charge in [-0.3, -0.25) is 4.79 Å². The molecule has 0 bridgehead atoms. The number of carbonyl (C=O) groups excluding carboxylic acids is 1. The predicted molar refractivity (Wildman–Crippen MR) is 90.1 cm³/mol. The van der Waals surface area contributed by atoms with Crippen LogP contribution in [-0.2, 0) is 26.8 Å². The molecule has 0 aliphatic carbocycles. The number of unbranched alkanes of at least 4 members (excludes halogenated alkanes) is 1. The molecule has 8 heteroatoms. The number of hydrogen-bond acceptors (Lipinski definition) is 6. The number of aromatic nitrogens is 2. The van der Waals surface area contributed by atoms with Crippen LogP contribution in [-0.4, -0.2) is 30.2 Å². The molecule has 0 fully saturated rings. The molecular weight excluding hydrogens is 330 g/mol. The summed E-state index contributed by atoms with van der Waals surface area (Å²) in [6.45, 7) is 2.05. The average Bonchev–Trinajstić information content (AvgIpc) is 2.99. The Hall–Kier alpha value is -2.22. The van der Waals surface area contributed by atoms with Crippen LogP contribution in [0.2, 0.25) is 0 Å². The van der Waals surface area contributed by atoms with Crippen molar-refractivity contribution in [2.45, 2.75) is 38.4 Å². The van der Waals surface area contributed by atoms with Crippen molar-refractivity contribution < 1.29 is 17.7 Å². The molecule has 1 N–H and O–H groups in total. The zero-order valence-electron chi connectivity index (χ0n) is 13.6. The molecule has 0 saturated carbocycles. The molecule has 0 unspecified atom stereocenters. The van der Waals surface area contributed by atoms with E-state index in [1.54, 1.807) is 24.3 Å². The summed E-state index contributed by atoms with van der Waals surface area (Å²) in [5, 5.41) is 6.41. The molecule has 1 amide bonds. The van der Waals surface area contributed by atoms with E-state index in [9.17, 15) is 13.2 Å². The van der Waals surface area contributed by atoms with E-state index < -0.39 is 9.84 Å². The Balaban J connectivity index is 1.82. The maximum absolute atomic E-state index is 12.1. The number of aryl methyl sites for hydroxylation is 1. The number of nitrogens with one attached hydrogen (secondary N) is 1. The highest BCUT2D eigenvalue weighted by atomic mass is 32.2. The van der Waals surface area contributed by atoms with E-state index in [-0.39, 0.29) is 29.7 Å². The van der Waals surface area contributed by atoms with E-state index in [1.807, 2.05) is 13.0 Å². The van der Waals surface area contributed by atoms with Crippen molar-refractivity contribution in [1.82, 2.24) is 10.1 Å². The van der Waals surface area contributed by atoms with Crippen molar-refractivity contribution >= 4 is 21.4 Å². The van der Waals surface area contributed by atoms with Crippen LogP contribution in [0.25, 0.3) is 0 Å². The van der Waals surface area contributed by atoms with Gasteiger partial charge >= 0.3 is 0 Å². The topological polar surface area (TPSA) is 102 Å². The highest BCUT2D eigenvalue weighted by Crippen LogP contribution is 2.09. The molecule has 2 aromatic rings. The molecule has 0 atom stereocenters. The van der Waals surface area contributed by atoms with Crippen LogP contribution < -0.4 is 5.32 Å². The summed E-state index contributed by atoms with van der Waals surface area (Å²) in [7, 11) is -3.49. The van der Waals surface area contributed by atoms with Gasteiger partial charge in [0.05, 0.1) is 5.75 Å². The third-order valence-electron chi connectivity index (χ3n) is 3.31. The Labute approximate surface area is 141 Å². The molecule has 0 saturated heterocycles. The standard InChI is InChI=1S/C16H21N3O4S/c1-2-3-9-14-18-16(23-19-14)12-24(21,22)11-10-15(20)17-13-7-5-4-6-8-13/h4-8H,2-3,9-12H2,1H3,(H,17,20). The minimum atomic E-state index is -3.49. The van der Waals surface area contributed by atoms with Crippen molar-refractivity contribution in [1.29, 1.82) is 0 Å². The first-order chi connectivity index (χ1) is 11.5. The van der Waals surface area contributed by atoms with E-state index in [4.69, 9.17) is 4.52 Å². The fraction of sp³-hybridized carbons (Fsp3) is 0.438. The molecule has 0 radical (unpaired) electrons. The summed E-state index contributed by atoms with van der Waals surface area (Å²) in [5.74, 6) is -0.365. The van der Waals surface area contributed by atoms with Crippen molar-refractivity contribution in [2.24, 2.45) is 0 Å². The van der Waals surface area contributed by atoms with E-state index in [2.05, 4.69) is 15.5 Å². The summed E-state index contributed by atoms with van der Waals surface area (Å²) in [6.07, 6.45) is 2.47. The molecule has 1 aromatic carbocycles. The van der Waals surface area contributed by atoms with E-state index in [1.165, 1.54) is 0 Å². The van der Waals surface area contributed by atoms with E-state index >= 15 is 0 Å². The van der Waals surface area contributed by atoms with E-state index in [0.717, 1.165) is 12.8 Å². The largest absolute Gasteiger partial charge is 0.338 e. The Morgan fingerprint density at radius 3 is 2.71 bits per heavy atom. The van der Waals surface area contributed by atoms with Crippen molar-refractivity contribution in [3.8, 4) is 0 Å². The van der Waals surface area contributed by atoms with Crippen LogP contribution in [0.15, 0.2) is 34.9 Å². The Morgan fingerprint density at radius 2 is 2.00 bits per heavy atom. The molecule has 130 valence electrons. The van der Waals surface area contributed by atoms with Crippen LogP contribution in [0.5, 0.6) is 0 Å². The lowest BCUT2D eigenvalue weighted by molar-refractivity contribution is -0.115. The van der Waals surface area contributed by atoms with Crippen molar-refractivity contribution in [3.05, 3.63) is 42.0 Å². The molecule has 7 nitrogen and oxygen atoms in total. The maximum atomic E-state index is 12.1. The molecule has 0 aliphatic heterocycles. The number of nitrogens with zero attached hydrogens (tertiary/aromatic N) is 2. The zero-order valence-corrected chi connectivity index (χ0v) is 14.4. The molecule has 1 heterocycles. The van der Waals surface area contributed by atoms with Gasteiger partial charge in [-0.1, -0.05) is 36.7 Å². The zero-order chi connectivity index (χ0) is 17.4. The third kappa shape index (κ3) is 6.11. The second-order valence-electron chi connectivity index (χ2n) is 5.46. The number of para-hydroxylation sites is 1. The smallest absolute Gasteiger partial charge is 0.241 e. The van der Waals surface area contributed by atoms with E-state index in [0.29, 0.717) is 17.9 Å². The first-order valence-corrected chi connectivity index (χ1v) is 9.67. The van der Waals surface area contributed by atoms with Gasteiger partial charge in [0.2, 0.25) is 11.8 Å². The number of amides is 1. The fourth-order valence-electron chi connectivity index (χ4n) is 2.04. The van der Waals surface area contributed by atoms with Crippen LogP contribution in [0.1, 0.15) is 37.9 Å². The SMILES string of the molecule is CCCCc1noc(CS(=O)(=O)CCC(=O)Nc2ccccc2)n1. The van der Waals surface area contributed by atoms with Gasteiger partial charge in [-0.25, -0.2) is 8.42 Å². The van der Waals surface area contributed by atoms with Crippen LogP contribution in [0.4, 0.5) is 5.69 Å². The predicted octanol–water partition coefficient (Wildman–Crippen LogP) is 2.36. The summed E-state index contributed by atoms with van der Waals surface area (Å²) < 4.78 is 29.1. The van der Waals surface area contributed by atoms with Gasteiger partial charge < -0.3 is 9.84 Å². The van der Waals surface area contributed by atoms with Crippen molar-refractivity contribution in [3.63, 3.8) is 0 Å². The van der Waals surface area contributed by atoms with Gasteiger partial charge in [0.25, 0.3) is 0 Å². The first-order valence-electron chi connectivity index (χ1n) is 7.85. The summed E-state index contributed by atoms with van der Waals surface area (Å²) >= 11 is 0. The van der Waals surface area contributed by atoms with Crippen LogP contribution in [0, 0.1) is 0 Å². The van der Waals surface area contributed by atoms with Crippen LogP contribution in [0.3, 0.4) is 0 Å². The van der Waals surface area contributed by atoms with Gasteiger partial charge in [0, 0.05) is 18.5 Å². The van der Waals surface area contributed by atoms with Gasteiger partial charge in [-0.2, -0.15) is 4.98 Å². The summed E-state index contributed by atoms with van der Waals surface area (Å²) in [4.78, 5) is 15.9. The quantitative estimate of drug-likeness (QED) is 0.744. The Bertz CT molecular complexity index is 757. The highest BCUT2D eigenvalue weighted by Gasteiger charge is 2.19. The van der Waals surface area contributed by atoms with Crippen molar-refractivity contribution in [2.75, 3.05) is 11.1 Å². The minimum Gasteiger partial charge on any atom is -0.338 e. The first kappa shape index (κ1) is 18.1. The minimum absolute atomic E-state index is 0.0737. The molecule has 1 aromatic heterocycles. The highest BCUT2D eigenvalue weighted by molar-refractivity contribution is 7.90. The third-order valence-corrected chi connectivity index (χ3v) is 4.82. The lowest BCUT2D eigenvalue weighted by Gasteiger charge is -2.05. The Kier molecular flexibility index (Phi) is 6.48. The van der Waals surface area contributed by atoms with Gasteiger partial charge in [0.15, 0.2) is 15.7 Å². The number of rotatable bonds is 9. The monoisotopic (exact) mass is 351 g/mol.